The van der Waals surface area contributed by atoms with Gasteiger partial charge in [0.05, 0.1) is 5.60 Å². The Labute approximate surface area is 175 Å². The van der Waals surface area contributed by atoms with Crippen molar-refractivity contribution in [2.75, 3.05) is 50.8 Å². The molecule has 0 aromatic heterocycles. The zero-order valence-electron chi connectivity index (χ0n) is 17.6. The molecular formula is C24H35N3O2. The van der Waals surface area contributed by atoms with Gasteiger partial charge in [0.1, 0.15) is 0 Å². The summed E-state index contributed by atoms with van der Waals surface area (Å²) in [5.41, 5.74) is 1.36. The van der Waals surface area contributed by atoms with Gasteiger partial charge in [-0.3, -0.25) is 9.69 Å². The van der Waals surface area contributed by atoms with Gasteiger partial charge < -0.3 is 14.5 Å². The number of piperidine rings is 1. The van der Waals surface area contributed by atoms with Crippen molar-refractivity contribution in [2.45, 2.75) is 56.6 Å². The Morgan fingerprint density at radius 1 is 0.931 bits per heavy atom. The first-order valence-corrected chi connectivity index (χ1v) is 11.7. The van der Waals surface area contributed by atoms with Crippen LogP contribution in [0.15, 0.2) is 30.3 Å². The molecule has 0 unspecified atom stereocenters. The highest BCUT2D eigenvalue weighted by Gasteiger charge is 2.43. The van der Waals surface area contributed by atoms with E-state index in [0.29, 0.717) is 17.9 Å². The van der Waals surface area contributed by atoms with Crippen LogP contribution in [-0.4, -0.2) is 73.2 Å². The first-order valence-electron chi connectivity index (χ1n) is 11.7. The number of likely N-dealkylation sites (tertiary alicyclic amines) is 1. The number of hydrogen-bond acceptors (Lipinski definition) is 4. The van der Waals surface area contributed by atoms with Crippen molar-refractivity contribution in [1.82, 2.24) is 9.80 Å². The van der Waals surface area contributed by atoms with Crippen molar-refractivity contribution in [3.63, 3.8) is 0 Å². The van der Waals surface area contributed by atoms with Crippen molar-refractivity contribution in [3.8, 4) is 0 Å². The van der Waals surface area contributed by atoms with E-state index >= 15 is 0 Å². The fourth-order valence-electron chi connectivity index (χ4n) is 5.69. The van der Waals surface area contributed by atoms with Gasteiger partial charge in [0.2, 0.25) is 5.91 Å². The van der Waals surface area contributed by atoms with E-state index in [1.807, 2.05) is 0 Å². The van der Waals surface area contributed by atoms with Crippen LogP contribution in [0.2, 0.25) is 0 Å². The molecule has 1 spiro atoms. The number of anilines is 1. The molecule has 0 N–H and O–H groups in total. The second-order valence-electron chi connectivity index (χ2n) is 9.49. The fraction of sp³-hybridized carbons (Fsp3) is 0.708. The van der Waals surface area contributed by atoms with Gasteiger partial charge in [-0.15, -0.1) is 0 Å². The highest BCUT2D eigenvalue weighted by Crippen LogP contribution is 2.38. The van der Waals surface area contributed by atoms with Gasteiger partial charge in [-0.1, -0.05) is 24.6 Å². The molecule has 0 radical (unpaired) electrons. The van der Waals surface area contributed by atoms with Crippen molar-refractivity contribution >= 4 is 11.6 Å². The molecule has 1 aliphatic carbocycles. The van der Waals surface area contributed by atoms with Crippen LogP contribution in [0, 0.1) is 5.92 Å². The summed E-state index contributed by atoms with van der Waals surface area (Å²) in [4.78, 5) is 19.9. The molecule has 3 aliphatic heterocycles. The Kier molecular flexibility index (Phi) is 5.53. The van der Waals surface area contributed by atoms with E-state index in [1.165, 1.54) is 12.1 Å². The number of amides is 1. The molecule has 3 saturated heterocycles. The number of rotatable bonds is 3. The number of hydrogen-bond donors (Lipinski definition) is 0. The minimum atomic E-state index is 0.00980. The maximum atomic E-state index is 12.6. The van der Waals surface area contributed by atoms with E-state index in [9.17, 15) is 4.79 Å². The first-order chi connectivity index (χ1) is 14.2. The average molecular weight is 398 g/mol. The lowest BCUT2D eigenvalue weighted by molar-refractivity contribution is -0.154. The van der Waals surface area contributed by atoms with Crippen molar-refractivity contribution in [3.05, 3.63) is 30.3 Å². The molecule has 158 valence electrons. The molecule has 1 amide bonds. The minimum Gasteiger partial charge on any atom is -0.375 e. The zero-order valence-corrected chi connectivity index (χ0v) is 17.6. The van der Waals surface area contributed by atoms with Crippen LogP contribution in [0.1, 0.15) is 44.9 Å². The Balaban J connectivity index is 1.14. The standard InChI is InChI=1S/C24H35N3O2/c28-23(20-5-4-6-20)27-12-10-24(11-13-27)19-22(9-18-29-24)26-16-14-25(15-17-26)21-7-2-1-3-8-21/h1-3,7-8,20,22H,4-6,9-19H2/t22-/m0/s1. The van der Waals surface area contributed by atoms with Crippen LogP contribution in [-0.2, 0) is 9.53 Å². The molecule has 1 saturated carbocycles. The van der Waals surface area contributed by atoms with Gasteiger partial charge in [-0.2, -0.15) is 0 Å². The molecule has 1 atom stereocenters. The predicted molar refractivity (Wildman–Crippen MR) is 115 cm³/mol. The lowest BCUT2D eigenvalue weighted by Gasteiger charge is -2.50. The number of benzene rings is 1. The Morgan fingerprint density at radius 3 is 2.31 bits per heavy atom. The number of piperazine rings is 1. The van der Waals surface area contributed by atoms with Crippen LogP contribution < -0.4 is 4.90 Å². The van der Waals surface area contributed by atoms with E-state index in [0.717, 1.165) is 84.4 Å². The van der Waals surface area contributed by atoms with Gasteiger partial charge in [-0.05, 0) is 50.7 Å². The number of nitrogens with zero attached hydrogens (tertiary/aromatic N) is 3. The molecule has 1 aromatic rings. The third kappa shape index (κ3) is 4.04. The second-order valence-corrected chi connectivity index (χ2v) is 9.49. The summed E-state index contributed by atoms with van der Waals surface area (Å²) in [5, 5.41) is 0. The number of ether oxygens (including phenoxy) is 1. The summed E-state index contributed by atoms with van der Waals surface area (Å²) >= 11 is 0. The molecule has 5 heteroatoms. The Hall–Kier alpha value is -1.59. The Bertz CT molecular complexity index is 689. The van der Waals surface area contributed by atoms with Crippen LogP contribution >= 0.6 is 0 Å². The SMILES string of the molecule is O=C(C1CCC1)N1CCC2(CC1)C[C@@H](N1CCN(c3ccccc3)CC1)CCO2. The second kappa shape index (κ2) is 8.27. The van der Waals surface area contributed by atoms with Crippen LogP contribution in [0.3, 0.4) is 0 Å². The summed E-state index contributed by atoms with van der Waals surface area (Å²) in [6.45, 7) is 7.16. The zero-order chi connectivity index (χ0) is 19.7. The van der Waals surface area contributed by atoms with Gasteiger partial charge in [0.25, 0.3) is 0 Å². The quantitative estimate of drug-likeness (QED) is 0.785. The van der Waals surface area contributed by atoms with Crippen molar-refractivity contribution in [2.24, 2.45) is 5.92 Å². The molecule has 3 heterocycles. The van der Waals surface area contributed by atoms with Gasteiger partial charge in [0, 0.05) is 63.5 Å². The fourth-order valence-corrected chi connectivity index (χ4v) is 5.69. The molecule has 4 fully saturated rings. The molecule has 4 aliphatic rings. The number of carbonyl (C=O) groups is 1. The summed E-state index contributed by atoms with van der Waals surface area (Å²) in [5.74, 6) is 0.737. The highest BCUT2D eigenvalue weighted by molar-refractivity contribution is 5.79. The first kappa shape index (κ1) is 19.4. The van der Waals surface area contributed by atoms with Crippen molar-refractivity contribution in [1.29, 1.82) is 0 Å². The third-order valence-corrected chi connectivity index (χ3v) is 7.86. The number of para-hydroxylation sites is 1. The van der Waals surface area contributed by atoms with E-state index in [-0.39, 0.29) is 5.60 Å². The van der Waals surface area contributed by atoms with E-state index in [2.05, 4.69) is 45.0 Å². The molecule has 1 aromatic carbocycles. The Morgan fingerprint density at radius 2 is 1.66 bits per heavy atom. The van der Waals surface area contributed by atoms with E-state index in [1.54, 1.807) is 0 Å². The maximum absolute atomic E-state index is 12.6. The van der Waals surface area contributed by atoms with E-state index < -0.39 is 0 Å². The minimum absolute atomic E-state index is 0.00980. The summed E-state index contributed by atoms with van der Waals surface area (Å²) in [6, 6.07) is 11.4. The third-order valence-electron chi connectivity index (χ3n) is 7.86. The van der Waals surface area contributed by atoms with E-state index in [4.69, 9.17) is 4.74 Å². The van der Waals surface area contributed by atoms with Gasteiger partial charge >= 0.3 is 0 Å². The molecule has 5 rings (SSSR count). The monoisotopic (exact) mass is 397 g/mol. The maximum Gasteiger partial charge on any atom is 0.225 e. The van der Waals surface area contributed by atoms with Crippen LogP contribution in [0.5, 0.6) is 0 Å². The summed E-state index contributed by atoms with van der Waals surface area (Å²) in [6.07, 6.45) is 7.78. The van der Waals surface area contributed by atoms with Gasteiger partial charge in [0.15, 0.2) is 0 Å². The predicted octanol–water partition coefficient (Wildman–Crippen LogP) is 3.15. The summed E-state index contributed by atoms with van der Waals surface area (Å²) < 4.78 is 6.37. The van der Waals surface area contributed by atoms with Crippen molar-refractivity contribution < 1.29 is 9.53 Å². The average Bonchev–Trinajstić information content (AvgIpc) is 2.74. The molecular weight excluding hydrogens is 362 g/mol. The van der Waals surface area contributed by atoms with Crippen LogP contribution in [0.25, 0.3) is 0 Å². The topological polar surface area (TPSA) is 36.0 Å². The molecule has 29 heavy (non-hydrogen) atoms. The lowest BCUT2D eigenvalue weighted by atomic mass is 9.80. The highest BCUT2D eigenvalue weighted by atomic mass is 16.5. The lowest BCUT2D eigenvalue weighted by Crippen LogP contribution is -2.58. The van der Waals surface area contributed by atoms with Gasteiger partial charge in [-0.25, -0.2) is 0 Å². The van der Waals surface area contributed by atoms with Crippen LogP contribution in [0.4, 0.5) is 5.69 Å². The molecule has 0 bridgehead atoms. The number of carbonyl (C=O) groups excluding carboxylic acids is 1. The largest absolute Gasteiger partial charge is 0.375 e. The normalized spacial score (nSPS) is 28.3. The molecule has 5 nitrogen and oxygen atoms in total. The summed E-state index contributed by atoms with van der Waals surface area (Å²) in [7, 11) is 0. The smallest absolute Gasteiger partial charge is 0.225 e.